The molecular formula is C13H28N2O2S. The van der Waals surface area contributed by atoms with Crippen molar-refractivity contribution in [1.82, 2.24) is 10.0 Å². The zero-order valence-electron chi connectivity index (χ0n) is 11.7. The van der Waals surface area contributed by atoms with Crippen LogP contribution in [0.5, 0.6) is 0 Å². The van der Waals surface area contributed by atoms with Crippen molar-refractivity contribution in [2.75, 3.05) is 25.9 Å². The maximum atomic E-state index is 11.7. The van der Waals surface area contributed by atoms with Crippen LogP contribution in [0.1, 0.15) is 45.4 Å². The van der Waals surface area contributed by atoms with Gasteiger partial charge in [-0.2, -0.15) is 0 Å². The van der Waals surface area contributed by atoms with Gasteiger partial charge in [0.05, 0.1) is 5.75 Å². The van der Waals surface area contributed by atoms with Gasteiger partial charge in [-0.25, -0.2) is 13.1 Å². The van der Waals surface area contributed by atoms with Gasteiger partial charge in [0.1, 0.15) is 0 Å². The SMILES string of the molecule is CCC1CCC(CNS(=O)(=O)CCCNC)CC1. The van der Waals surface area contributed by atoms with E-state index in [2.05, 4.69) is 17.0 Å². The van der Waals surface area contributed by atoms with Crippen molar-refractivity contribution in [2.24, 2.45) is 11.8 Å². The van der Waals surface area contributed by atoms with Crippen LogP contribution in [-0.4, -0.2) is 34.3 Å². The Morgan fingerprint density at radius 3 is 2.28 bits per heavy atom. The van der Waals surface area contributed by atoms with E-state index in [1.54, 1.807) is 0 Å². The summed E-state index contributed by atoms with van der Waals surface area (Å²) in [4.78, 5) is 0. The van der Waals surface area contributed by atoms with Gasteiger partial charge in [0.2, 0.25) is 10.0 Å². The minimum atomic E-state index is -3.06. The van der Waals surface area contributed by atoms with Crippen molar-refractivity contribution in [3.05, 3.63) is 0 Å². The molecule has 0 aromatic carbocycles. The Morgan fingerprint density at radius 2 is 1.72 bits per heavy atom. The van der Waals surface area contributed by atoms with Gasteiger partial charge in [-0.15, -0.1) is 0 Å². The van der Waals surface area contributed by atoms with Gasteiger partial charge in [0, 0.05) is 6.54 Å². The van der Waals surface area contributed by atoms with Gasteiger partial charge in [-0.1, -0.05) is 26.2 Å². The first kappa shape index (κ1) is 15.9. The van der Waals surface area contributed by atoms with Crippen LogP contribution in [0.2, 0.25) is 0 Å². The second-order valence-electron chi connectivity index (χ2n) is 5.42. The fourth-order valence-corrected chi connectivity index (χ4v) is 3.76. The number of nitrogens with one attached hydrogen (secondary N) is 2. The van der Waals surface area contributed by atoms with Crippen LogP contribution >= 0.6 is 0 Å². The van der Waals surface area contributed by atoms with E-state index in [1.807, 2.05) is 7.05 Å². The molecule has 0 saturated heterocycles. The predicted octanol–water partition coefficient (Wildman–Crippen LogP) is 1.73. The fourth-order valence-electron chi connectivity index (χ4n) is 2.60. The normalized spacial score (nSPS) is 25.2. The molecule has 5 heteroatoms. The molecule has 0 amide bonds. The Kier molecular flexibility index (Phi) is 7.19. The number of hydrogen-bond acceptors (Lipinski definition) is 3. The molecule has 2 N–H and O–H groups in total. The molecule has 18 heavy (non-hydrogen) atoms. The molecule has 0 aromatic heterocycles. The molecule has 0 spiro atoms. The molecule has 1 saturated carbocycles. The van der Waals surface area contributed by atoms with Crippen LogP contribution in [0.3, 0.4) is 0 Å². The second-order valence-corrected chi connectivity index (χ2v) is 7.35. The van der Waals surface area contributed by atoms with Gasteiger partial charge in [0.15, 0.2) is 0 Å². The van der Waals surface area contributed by atoms with Gasteiger partial charge in [0.25, 0.3) is 0 Å². The summed E-state index contributed by atoms with van der Waals surface area (Å²) < 4.78 is 26.2. The molecule has 0 heterocycles. The first-order valence-corrected chi connectivity index (χ1v) is 8.84. The maximum Gasteiger partial charge on any atom is 0.211 e. The monoisotopic (exact) mass is 276 g/mol. The van der Waals surface area contributed by atoms with Crippen LogP contribution in [0.4, 0.5) is 0 Å². The first-order chi connectivity index (χ1) is 8.57. The Morgan fingerprint density at radius 1 is 1.11 bits per heavy atom. The topological polar surface area (TPSA) is 58.2 Å². The molecule has 1 rings (SSSR count). The zero-order chi connectivity index (χ0) is 13.4. The molecule has 0 radical (unpaired) electrons. The summed E-state index contributed by atoms with van der Waals surface area (Å²) in [7, 11) is -1.22. The summed E-state index contributed by atoms with van der Waals surface area (Å²) in [6.45, 7) is 3.64. The smallest absolute Gasteiger partial charge is 0.211 e. The lowest BCUT2D eigenvalue weighted by molar-refractivity contribution is 0.270. The Hall–Kier alpha value is -0.130. The van der Waals surface area contributed by atoms with Crippen LogP contribution in [-0.2, 0) is 10.0 Å². The minimum absolute atomic E-state index is 0.234. The number of hydrogen-bond donors (Lipinski definition) is 2. The van der Waals surface area contributed by atoms with Gasteiger partial charge in [-0.3, -0.25) is 0 Å². The van der Waals surface area contributed by atoms with E-state index in [1.165, 1.54) is 32.1 Å². The quantitative estimate of drug-likeness (QED) is 0.664. The molecule has 108 valence electrons. The van der Waals surface area contributed by atoms with Crippen LogP contribution < -0.4 is 10.0 Å². The highest BCUT2D eigenvalue weighted by Crippen LogP contribution is 2.30. The average Bonchev–Trinajstić information content (AvgIpc) is 2.37. The molecule has 0 bridgehead atoms. The lowest BCUT2D eigenvalue weighted by atomic mass is 9.81. The summed E-state index contributed by atoms with van der Waals surface area (Å²) in [5, 5.41) is 2.96. The molecule has 1 fully saturated rings. The highest BCUT2D eigenvalue weighted by molar-refractivity contribution is 7.89. The van der Waals surface area contributed by atoms with Crippen molar-refractivity contribution in [3.63, 3.8) is 0 Å². The largest absolute Gasteiger partial charge is 0.320 e. The van der Waals surface area contributed by atoms with E-state index in [0.29, 0.717) is 18.9 Å². The van der Waals surface area contributed by atoms with E-state index in [0.717, 1.165) is 12.5 Å². The van der Waals surface area contributed by atoms with E-state index in [9.17, 15) is 8.42 Å². The molecular weight excluding hydrogens is 248 g/mol. The van der Waals surface area contributed by atoms with Crippen LogP contribution in [0.25, 0.3) is 0 Å². The Labute approximate surface area is 112 Å². The van der Waals surface area contributed by atoms with Crippen LogP contribution in [0, 0.1) is 11.8 Å². The van der Waals surface area contributed by atoms with E-state index < -0.39 is 10.0 Å². The second kappa shape index (κ2) is 8.12. The summed E-state index contributed by atoms with van der Waals surface area (Å²) in [5.41, 5.74) is 0. The molecule has 0 aliphatic heterocycles. The van der Waals surface area contributed by atoms with Crippen molar-refractivity contribution in [2.45, 2.75) is 45.4 Å². The van der Waals surface area contributed by atoms with Gasteiger partial charge >= 0.3 is 0 Å². The van der Waals surface area contributed by atoms with Crippen molar-refractivity contribution in [3.8, 4) is 0 Å². The number of sulfonamides is 1. The predicted molar refractivity (Wildman–Crippen MR) is 76.1 cm³/mol. The summed E-state index contributed by atoms with van der Waals surface area (Å²) in [6, 6.07) is 0. The Bertz CT molecular complexity index is 309. The third-order valence-corrected chi connectivity index (χ3v) is 5.41. The van der Waals surface area contributed by atoms with Gasteiger partial charge in [-0.05, 0) is 44.7 Å². The molecule has 4 nitrogen and oxygen atoms in total. The lowest BCUT2D eigenvalue weighted by Gasteiger charge is -2.27. The summed E-state index contributed by atoms with van der Waals surface area (Å²) in [6.07, 6.45) is 6.83. The molecule has 1 aliphatic carbocycles. The average molecular weight is 276 g/mol. The van der Waals surface area contributed by atoms with Crippen LogP contribution in [0.15, 0.2) is 0 Å². The molecule has 1 aliphatic rings. The van der Waals surface area contributed by atoms with Crippen molar-refractivity contribution >= 4 is 10.0 Å². The fraction of sp³-hybridized carbons (Fsp3) is 1.00. The Balaban J connectivity index is 2.20. The van der Waals surface area contributed by atoms with E-state index in [-0.39, 0.29) is 5.75 Å². The maximum absolute atomic E-state index is 11.7. The van der Waals surface area contributed by atoms with E-state index >= 15 is 0 Å². The lowest BCUT2D eigenvalue weighted by Crippen LogP contribution is -2.33. The third-order valence-electron chi connectivity index (χ3n) is 3.98. The molecule has 0 atom stereocenters. The van der Waals surface area contributed by atoms with E-state index in [4.69, 9.17) is 0 Å². The molecule has 0 aromatic rings. The summed E-state index contributed by atoms with van der Waals surface area (Å²) >= 11 is 0. The van der Waals surface area contributed by atoms with Crippen molar-refractivity contribution in [1.29, 1.82) is 0 Å². The standard InChI is InChI=1S/C13H28N2O2S/c1-3-12-5-7-13(8-6-12)11-15-18(16,17)10-4-9-14-2/h12-15H,3-11H2,1-2H3. The summed E-state index contributed by atoms with van der Waals surface area (Å²) in [5.74, 6) is 1.65. The first-order valence-electron chi connectivity index (χ1n) is 7.19. The minimum Gasteiger partial charge on any atom is -0.320 e. The highest BCUT2D eigenvalue weighted by atomic mass is 32.2. The van der Waals surface area contributed by atoms with Crippen molar-refractivity contribution < 1.29 is 8.42 Å². The number of rotatable bonds is 8. The third kappa shape index (κ3) is 6.16. The molecule has 0 unspecified atom stereocenters. The zero-order valence-corrected chi connectivity index (χ0v) is 12.6. The highest BCUT2D eigenvalue weighted by Gasteiger charge is 2.21. The van der Waals surface area contributed by atoms with Gasteiger partial charge < -0.3 is 5.32 Å².